The van der Waals surface area contributed by atoms with Crippen LogP contribution in [0.5, 0.6) is 0 Å². The van der Waals surface area contributed by atoms with Gasteiger partial charge < -0.3 is 4.90 Å². The average molecular weight is 272 g/mol. The first-order valence-corrected chi connectivity index (χ1v) is 6.16. The van der Waals surface area contributed by atoms with Crippen LogP contribution in [0.25, 0.3) is 0 Å². The zero-order valence-electron chi connectivity index (χ0n) is 10.6. The molecule has 104 valence electrons. The second-order valence-electron chi connectivity index (χ2n) is 4.77. The number of aromatic nitrogens is 1. The standard InChI is InChI=1S/C13H15F3N2O/c1-9(19)10-4-6-18(7-5-10)12-3-2-11(8-17-12)13(14,15)16/h2-3,8,10H,4-7H2,1H3. The normalized spacial score (nSPS) is 17.6. The summed E-state index contributed by atoms with van der Waals surface area (Å²) in [6.07, 6.45) is -2.03. The number of pyridine rings is 1. The van der Waals surface area contributed by atoms with Gasteiger partial charge in [-0.25, -0.2) is 4.98 Å². The molecule has 0 amide bonds. The minimum Gasteiger partial charge on any atom is -0.357 e. The fraction of sp³-hybridized carbons (Fsp3) is 0.538. The van der Waals surface area contributed by atoms with E-state index in [0.717, 1.165) is 25.1 Å². The smallest absolute Gasteiger partial charge is 0.357 e. The molecule has 1 aliphatic rings. The maximum atomic E-state index is 12.4. The van der Waals surface area contributed by atoms with E-state index in [9.17, 15) is 18.0 Å². The molecule has 0 saturated carbocycles. The highest BCUT2D eigenvalue weighted by Crippen LogP contribution is 2.30. The minimum absolute atomic E-state index is 0.0747. The Morgan fingerprint density at radius 2 is 1.95 bits per heavy atom. The molecule has 1 fully saturated rings. The third kappa shape index (κ3) is 3.24. The quantitative estimate of drug-likeness (QED) is 0.830. The first-order valence-electron chi connectivity index (χ1n) is 6.16. The molecule has 1 aliphatic heterocycles. The lowest BCUT2D eigenvalue weighted by atomic mass is 9.93. The van der Waals surface area contributed by atoms with Gasteiger partial charge >= 0.3 is 6.18 Å². The number of anilines is 1. The van der Waals surface area contributed by atoms with E-state index >= 15 is 0 Å². The summed E-state index contributed by atoms with van der Waals surface area (Å²) in [5.74, 6) is 0.792. The second kappa shape index (κ2) is 5.19. The van der Waals surface area contributed by atoms with Crippen LogP contribution in [0.4, 0.5) is 19.0 Å². The second-order valence-corrected chi connectivity index (χ2v) is 4.77. The van der Waals surface area contributed by atoms with Crippen LogP contribution in [-0.4, -0.2) is 23.9 Å². The molecular weight excluding hydrogens is 257 g/mol. The van der Waals surface area contributed by atoms with Crippen LogP contribution in [0.15, 0.2) is 18.3 Å². The van der Waals surface area contributed by atoms with Gasteiger partial charge in [-0.05, 0) is 31.9 Å². The molecule has 2 heterocycles. The van der Waals surface area contributed by atoms with Gasteiger partial charge in [0.2, 0.25) is 0 Å². The summed E-state index contributed by atoms with van der Waals surface area (Å²) in [5.41, 5.74) is -0.741. The SMILES string of the molecule is CC(=O)C1CCN(c2ccc(C(F)(F)F)cn2)CC1. The fourth-order valence-corrected chi connectivity index (χ4v) is 2.26. The van der Waals surface area contributed by atoms with Crippen molar-refractivity contribution in [2.45, 2.75) is 25.9 Å². The van der Waals surface area contributed by atoms with Gasteiger partial charge in [0.15, 0.2) is 0 Å². The van der Waals surface area contributed by atoms with Gasteiger partial charge in [-0.15, -0.1) is 0 Å². The summed E-state index contributed by atoms with van der Waals surface area (Å²) in [6, 6.07) is 2.43. The number of halogens is 3. The fourth-order valence-electron chi connectivity index (χ4n) is 2.26. The van der Waals surface area contributed by atoms with Crippen molar-refractivity contribution in [2.24, 2.45) is 5.92 Å². The lowest BCUT2D eigenvalue weighted by Crippen LogP contribution is -2.36. The number of rotatable bonds is 2. The molecule has 0 unspecified atom stereocenters. The Bertz CT molecular complexity index is 448. The molecule has 19 heavy (non-hydrogen) atoms. The number of carbonyl (C=O) groups excluding carboxylic acids is 1. The Balaban J connectivity index is 2.02. The number of hydrogen-bond donors (Lipinski definition) is 0. The highest BCUT2D eigenvalue weighted by molar-refractivity contribution is 5.78. The summed E-state index contributed by atoms with van der Waals surface area (Å²) in [6.45, 7) is 2.89. The van der Waals surface area contributed by atoms with Crippen LogP contribution in [-0.2, 0) is 11.0 Å². The third-order valence-corrected chi connectivity index (χ3v) is 3.47. The molecule has 6 heteroatoms. The maximum absolute atomic E-state index is 12.4. The van der Waals surface area contributed by atoms with Crippen molar-refractivity contribution in [1.29, 1.82) is 0 Å². The molecule has 0 N–H and O–H groups in total. The number of Topliss-reactive ketones (excluding diaryl/α,β-unsaturated/α-hetero) is 1. The van der Waals surface area contributed by atoms with Crippen molar-refractivity contribution in [1.82, 2.24) is 4.98 Å². The average Bonchev–Trinajstić information content (AvgIpc) is 2.38. The van der Waals surface area contributed by atoms with Crippen LogP contribution < -0.4 is 4.90 Å². The van der Waals surface area contributed by atoms with E-state index in [4.69, 9.17) is 0 Å². The number of carbonyl (C=O) groups is 1. The van der Waals surface area contributed by atoms with Gasteiger partial charge in [0.1, 0.15) is 11.6 Å². The number of alkyl halides is 3. The lowest BCUT2D eigenvalue weighted by Gasteiger charge is -2.31. The number of piperidine rings is 1. The molecule has 0 radical (unpaired) electrons. The van der Waals surface area contributed by atoms with Crippen molar-refractivity contribution < 1.29 is 18.0 Å². The van der Waals surface area contributed by atoms with Crippen molar-refractivity contribution in [3.63, 3.8) is 0 Å². The van der Waals surface area contributed by atoms with Gasteiger partial charge in [0.05, 0.1) is 5.56 Å². The Labute approximate surface area is 109 Å². The Hall–Kier alpha value is -1.59. The molecule has 0 spiro atoms. The monoisotopic (exact) mass is 272 g/mol. The first kappa shape index (κ1) is 13.8. The summed E-state index contributed by atoms with van der Waals surface area (Å²) < 4.78 is 37.2. The number of nitrogens with zero attached hydrogens (tertiary/aromatic N) is 2. The maximum Gasteiger partial charge on any atom is 0.417 e. The molecule has 0 aromatic carbocycles. The Kier molecular flexibility index (Phi) is 3.78. The number of hydrogen-bond acceptors (Lipinski definition) is 3. The molecule has 2 rings (SSSR count). The van der Waals surface area contributed by atoms with E-state index in [2.05, 4.69) is 4.98 Å². The number of ketones is 1. The van der Waals surface area contributed by atoms with Crippen LogP contribution in [0.3, 0.4) is 0 Å². The first-order chi connectivity index (χ1) is 8.88. The predicted molar refractivity (Wildman–Crippen MR) is 64.9 cm³/mol. The van der Waals surface area contributed by atoms with E-state index in [0.29, 0.717) is 18.9 Å². The van der Waals surface area contributed by atoms with Gasteiger partial charge in [-0.1, -0.05) is 0 Å². The van der Waals surface area contributed by atoms with Crippen LogP contribution in [0, 0.1) is 5.92 Å². The van der Waals surface area contributed by atoms with E-state index < -0.39 is 11.7 Å². The van der Waals surface area contributed by atoms with Crippen molar-refractivity contribution in [3.8, 4) is 0 Å². The highest BCUT2D eigenvalue weighted by atomic mass is 19.4. The lowest BCUT2D eigenvalue weighted by molar-refractivity contribution is -0.137. The van der Waals surface area contributed by atoms with Gasteiger partial charge in [-0.3, -0.25) is 4.79 Å². The molecule has 3 nitrogen and oxygen atoms in total. The molecule has 0 atom stereocenters. The van der Waals surface area contributed by atoms with Gasteiger partial charge in [-0.2, -0.15) is 13.2 Å². The van der Waals surface area contributed by atoms with Crippen LogP contribution in [0.2, 0.25) is 0 Å². The van der Waals surface area contributed by atoms with Crippen molar-refractivity contribution >= 4 is 11.6 Å². The molecule has 1 aromatic heterocycles. The molecular formula is C13H15F3N2O. The molecule has 0 bridgehead atoms. The summed E-state index contributed by atoms with van der Waals surface area (Å²) in [5, 5.41) is 0. The topological polar surface area (TPSA) is 33.2 Å². The van der Waals surface area contributed by atoms with Gasteiger partial charge in [0, 0.05) is 25.2 Å². The van der Waals surface area contributed by atoms with E-state index in [-0.39, 0.29) is 11.7 Å². The minimum atomic E-state index is -4.35. The zero-order chi connectivity index (χ0) is 14.0. The van der Waals surface area contributed by atoms with E-state index in [1.54, 1.807) is 6.92 Å². The predicted octanol–water partition coefficient (Wildman–Crippen LogP) is 2.91. The molecule has 1 aromatic rings. The van der Waals surface area contributed by atoms with Crippen LogP contribution in [0.1, 0.15) is 25.3 Å². The largest absolute Gasteiger partial charge is 0.417 e. The van der Waals surface area contributed by atoms with E-state index in [1.807, 2.05) is 4.90 Å². The summed E-state index contributed by atoms with van der Waals surface area (Å²) >= 11 is 0. The van der Waals surface area contributed by atoms with Crippen LogP contribution >= 0.6 is 0 Å². The van der Waals surface area contributed by atoms with Gasteiger partial charge in [0.25, 0.3) is 0 Å². The highest BCUT2D eigenvalue weighted by Gasteiger charge is 2.31. The third-order valence-electron chi connectivity index (χ3n) is 3.47. The summed E-state index contributed by atoms with van der Waals surface area (Å²) in [4.78, 5) is 17.0. The van der Waals surface area contributed by atoms with E-state index in [1.165, 1.54) is 6.07 Å². The zero-order valence-corrected chi connectivity index (χ0v) is 10.6. The molecule has 0 aliphatic carbocycles. The summed E-state index contributed by atoms with van der Waals surface area (Å²) in [7, 11) is 0. The molecule has 1 saturated heterocycles. The Morgan fingerprint density at radius 1 is 1.32 bits per heavy atom. The van der Waals surface area contributed by atoms with Crippen molar-refractivity contribution in [2.75, 3.05) is 18.0 Å². The Morgan fingerprint density at radius 3 is 2.37 bits per heavy atom. The van der Waals surface area contributed by atoms with Crippen molar-refractivity contribution in [3.05, 3.63) is 23.9 Å².